The van der Waals surface area contributed by atoms with Gasteiger partial charge in [-0.1, -0.05) is 13.8 Å². The van der Waals surface area contributed by atoms with Crippen molar-refractivity contribution < 1.29 is 22.8 Å². The molecule has 1 aromatic carbocycles. The molecule has 2 heterocycles. The fourth-order valence-corrected chi connectivity index (χ4v) is 5.44. The van der Waals surface area contributed by atoms with Crippen molar-refractivity contribution in [3.05, 3.63) is 30.1 Å². The Morgan fingerprint density at radius 3 is 2.67 bits per heavy atom. The van der Waals surface area contributed by atoms with Crippen molar-refractivity contribution in [2.75, 3.05) is 18.4 Å². The molecule has 4 rings (SSSR count). The van der Waals surface area contributed by atoms with Gasteiger partial charge in [-0.3, -0.25) is 9.59 Å². The topological polar surface area (TPSA) is 99.2 Å². The van der Waals surface area contributed by atoms with Crippen molar-refractivity contribution in [2.45, 2.75) is 76.8 Å². The summed E-state index contributed by atoms with van der Waals surface area (Å²) in [4.78, 5) is 35.3. The van der Waals surface area contributed by atoms with Crippen molar-refractivity contribution in [1.82, 2.24) is 25.5 Å². The monoisotopic (exact) mass is 506 g/mol. The average Bonchev–Trinajstić information content (AvgIpc) is 3.16. The van der Waals surface area contributed by atoms with E-state index in [4.69, 9.17) is 0 Å². The van der Waals surface area contributed by atoms with E-state index < -0.39 is 11.7 Å². The second-order valence-electron chi connectivity index (χ2n) is 10.1. The van der Waals surface area contributed by atoms with Crippen LogP contribution in [0.5, 0.6) is 0 Å². The molecule has 1 aromatic heterocycles. The highest BCUT2D eigenvalue weighted by Crippen LogP contribution is 2.33. The van der Waals surface area contributed by atoms with E-state index in [2.05, 4.69) is 39.8 Å². The molecule has 1 saturated carbocycles. The van der Waals surface area contributed by atoms with Gasteiger partial charge in [0.2, 0.25) is 11.8 Å². The number of benzene rings is 1. The Hall–Kier alpha value is -2.95. The van der Waals surface area contributed by atoms with Crippen LogP contribution in [0, 0.1) is 5.92 Å². The number of nitrogens with one attached hydrogen (secondary N) is 3. The summed E-state index contributed by atoms with van der Waals surface area (Å²) in [5.74, 6) is -0.180. The van der Waals surface area contributed by atoms with Crippen LogP contribution in [-0.4, -0.2) is 63.9 Å². The standard InChI is InChI=1S/C25H33F3N6O2/c1-14(2)32-18-5-7-22(21(11-18)33-15(3)35)34-9-8-16(24(34)36)12-29-23-19-10-17(25(26,27)28)4-6-20(19)30-13-31-23/h4,6,10,13-14,16,18,21-22,32H,5,7-9,11-12H2,1-3H3,(H,33,35)(H,29,30,31)/t16?,18-,21?,22+/m1/s1. The summed E-state index contributed by atoms with van der Waals surface area (Å²) in [7, 11) is 0. The number of hydrogen-bond acceptors (Lipinski definition) is 6. The van der Waals surface area contributed by atoms with Gasteiger partial charge in [-0.2, -0.15) is 13.2 Å². The molecular formula is C25H33F3N6O2. The zero-order chi connectivity index (χ0) is 26.0. The number of likely N-dealkylation sites (tertiary alicyclic amines) is 1. The van der Waals surface area contributed by atoms with Crippen LogP contribution in [0.25, 0.3) is 10.9 Å². The molecule has 1 aliphatic carbocycles. The second-order valence-corrected chi connectivity index (χ2v) is 10.1. The first-order chi connectivity index (χ1) is 17.0. The van der Waals surface area contributed by atoms with Gasteiger partial charge in [-0.05, 0) is 43.9 Å². The van der Waals surface area contributed by atoms with E-state index in [1.54, 1.807) is 0 Å². The molecule has 8 nitrogen and oxygen atoms in total. The predicted octanol–water partition coefficient (Wildman–Crippen LogP) is 3.33. The SMILES string of the molecule is CC(=O)NC1C[C@H](NC(C)C)CC[C@@H]1N1CCC(CNc2ncnc3ccc(C(F)(F)F)cc23)C1=O. The summed E-state index contributed by atoms with van der Waals surface area (Å²) in [5.41, 5.74) is -0.382. The molecule has 4 atom stereocenters. The summed E-state index contributed by atoms with van der Waals surface area (Å²) in [6, 6.07) is 3.75. The smallest absolute Gasteiger partial charge is 0.369 e. The number of anilines is 1. The van der Waals surface area contributed by atoms with Gasteiger partial charge in [0.25, 0.3) is 0 Å². The number of alkyl halides is 3. The number of rotatable bonds is 7. The molecule has 196 valence electrons. The van der Waals surface area contributed by atoms with Crippen LogP contribution < -0.4 is 16.0 Å². The molecule has 0 bridgehead atoms. The zero-order valence-corrected chi connectivity index (χ0v) is 20.7. The van der Waals surface area contributed by atoms with Crippen molar-refractivity contribution in [1.29, 1.82) is 0 Å². The van der Waals surface area contributed by atoms with E-state index in [0.29, 0.717) is 24.5 Å². The first kappa shape index (κ1) is 26.1. The Labute approximate surface area is 208 Å². The summed E-state index contributed by atoms with van der Waals surface area (Å²) in [6.07, 6.45) is -0.0962. The lowest BCUT2D eigenvalue weighted by Gasteiger charge is -2.42. The molecule has 2 aromatic rings. The predicted molar refractivity (Wildman–Crippen MR) is 130 cm³/mol. The average molecular weight is 507 g/mol. The highest BCUT2D eigenvalue weighted by Gasteiger charge is 2.42. The number of hydrogen-bond donors (Lipinski definition) is 3. The van der Waals surface area contributed by atoms with Gasteiger partial charge in [0, 0.05) is 37.5 Å². The molecule has 11 heteroatoms. The number of amides is 2. The lowest BCUT2D eigenvalue weighted by atomic mass is 9.85. The molecule has 1 aliphatic heterocycles. The van der Waals surface area contributed by atoms with Crippen molar-refractivity contribution >= 4 is 28.5 Å². The molecule has 1 saturated heterocycles. The molecule has 2 aliphatic rings. The number of fused-ring (bicyclic) bond motifs is 1. The zero-order valence-electron chi connectivity index (χ0n) is 20.7. The Balaban J connectivity index is 1.44. The van der Waals surface area contributed by atoms with Crippen LogP contribution in [0.3, 0.4) is 0 Å². The third kappa shape index (κ3) is 5.88. The molecule has 0 spiro atoms. The quantitative estimate of drug-likeness (QED) is 0.533. The molecule has 36 heavy (non-hydrogen) atoms. The normalized spacial score (nSPS) is 25.0. The van der Waals surface area contributed by atoms with E-state index >= 15 is 0 Å². The van der Waals surface area contributed by atoms with Gasteiger partial charge in [0.05, 0.1) is 29.1 Å². The van der Waals surface area contributed by atoms with Crippen LogP contribution in [-0.2, 0) is 15.8 Å². The van der Waals surface area contributed by atoms with Crippen LogP contribution in [0.15, 0.2) is 24.5 Å². The van der Waals surface area contributed by atoms with Crippen LogP contribution in [0.2, 0.25) is 0 Å². The molecule has 3 N–H and O–H groups in total. The minimum atomic E-state index is -4.47. The lowest BCUT2D eigenvalue weighted by molar-refractivity contribution is -0.137. The maximum absolute atomic E-state index is 13.3. The first-order valence-corrected chi connectivity index (χ1v) is 12.4. The van der Waals surface area contributed by atoms with E-state index in [-0.39, 0.29) is 53.6 Å². The molecule has 2 amide bonds. The van der Waals surface area contributed by atoms with E-state index in [0.717, 1.165) is 31.4 Å². The van der Waals surface area contributed by atoms with Crippen LogP contribution >= 0.6 is 0 Å². The number of halogens is 3. The summed E-state index contributed by atoms with van der Waals surface area (Å²) < 4.78 is 39.6. The van der Waals surface area contributed by atoms with Gasteiger partial charge in [-0.25, -0.2) is 9.97 Å². The van der Waals surface area contributed by atoms with Gasteiger partial charge in [0.15, 0.2) is 0 Å². The summed E-state index contributed by atoms with van der Waals surface area (Å²) in [6.45, 7) is 6.51. The maximum atomic E-state index is 13.3. The number of carbonyl (C=O) groups is 2. The third-order valence-corrected chi connectivity index (χ3v) is 7.00. The second kappa shape index (κ2) is 10.6. The van der Waals surface area contributed by atoms with Crippen LogP contribution in [0.4, 0.5) is 19.0 Å². The van der Waals surface area contributed by atoms with Gasteiger partial charge in [0.1, 0.15) is 12.1 Å². The maximum Gasteiger partial charge on any atom is 0.416 e. The Morgan fingerprint density at radius 1 is 1.19 bits per heavy atom. The molecule has 0 radical (unpaired) electrons. The minimum Gasteiger partial charge on any atom is -0.369 e. The number of carbonyl (C=O) groups excluding carboxylic acids is 2. The fourth-order valence-electron chi connectivity index (χ4n) is 5.44. The van der Waals surface area contributed by atoms with Crippen molar-refractivity contribution in [3.63, 3.8) is 0 Å². The molecular weight excluding hydrogens is 473 g/mol. The Morgan fingerprint density at radius 2 is 1.97 bits per heavy atom. The largest absolute Gasteiger partial charge is 0.416 e. The number of aromatic nitrogens is 2. The van der Waals surface area contributed by atoms with Gasteiger partial charge in [-0.15, -0.1) is 0 Å². The van der Waals surface area contributed by atoms with Crippen LogP contribution in [0.1, 0.15) is 52.0 Å². The van der Waals surface area contributed by atoms with Crippen molar-refractivity contribution in [3.8, 4) is 0 Å². The van der Waals surface area contributed by atoms with E-state index in [1.165, 1.54) is 19.3 Å². The highest BCUT2D eigenvalue weighted by molar-refractivity contribution is 5.90. The van der Waals surface area contributed by atoms with Gasteiger partial charge < -0.3 is 20.9 Å². The lowest BCUT2D eigenvalue weighted by Crippen LogP contribution is -2.58. The van der Waals surface area contributed by atoms with Gasteiger partial charge >= 0.3 is 6.18 Å². The Kier molecular flexibility index (Phi) is 7.67. The minimum absolute atomic E-state index is 0.00698. The van der Waals surface area contributed by atoms with E-state index in [9.17, 15) is 22.8 Å². The number of nitrogens with zero attached hydrogens (tertiary/aromatic N) is 3. The third-order valence-electron chi connectivity index (χ3n) is 7.00. The molecule has 2 fully saturated rings. The van der Waals surface area contributed by atoms with Crippen molar-refractivity contribution in [2.24, 2.45) is 5.92 Å². The Bertz CT molecular complexity index is 1110. The van der Waals surface area contributed by atoms with E-state index in [1.807, 2.05) is 4.90 Å². The highest BCUT2D eigenvalue weighted by atomic mass is 19.4. The summed E-state index contributed by atoms with van der Waals surface area (Å²) in [5, 5.41) is 9.93. The molecule has 2 unspecified atom stereocenters. The first-order valence-electron chi connectivity index (χ1n) is 12.4. The summed E-state index contributed by atoms with van der Waals surface area (Å²) >= 11 is 0. The fraction of sp³-hybridized carbons (Fsp3) is 0.600.